The second-order valence-electron chi connectivity index (χ2n) is 5.94. The minimum atomic E-state index is -0.799. The molecule has 0 saturated carbocycles. The number of carbonyl (C=O) groups is 1. The van der Waals surface area contributed by atoms with E-state index < -0.39 is 5.97 Å². The highest BCUT2D eigenvalue weighted by Crippen LogP contribution is 2.07. The number of aliphatic carboxylic acids is 1. The molecule has 21 heavy (non-hydrogen) atoms. The lowest BCUT2D eigenvalue weighted by Gasteiger charge is -2.21. The summed E-state index contributed by atoms with van der Waals surface area (Å²) in [6.07, 6.45) is 13.1. The van der Waals surface area contributed by atoms with Gasteiger partial charge in [-0.1, -0.05) is 58.4 Å². The van der Waals surface area contributed by atoms with Crippen LogP contribution in [0.15, 0.2) is 11.6 Å². The van der Waals surface area contributed by atoms with Crippen molar-refractivity contribution in [1.82, 2.24) is 4.90 Å². The molecule has 0 aromatic carbocycles. The molecule has 0 aliphatic rings. The Hall–Kier alpha value is -0.830. The van der Waals surface area contributed by atoms with E-state index in [0.29, 0.717) is 5.57 Å². The number of rotatable bonds is 14. The molecule has 0 aliphatic heterocycles. The van der Waals surface area contributed by atoms with Crippen LogP contribution in [0.5, 0.6) is 0 Å². The lowest BCUT2D eigenvalue weighted by molar-refractivity contribution is -0.132. The van der Waals surface area contributed by atoms with Gasteiger partial charge >= 0.3 is 5.97 Å². The Morgan fingerprint density at radius 2 is 1.43 bits per heavy atom. The molecule has 0 bridgehead atoms. The van der Waals surface area contributed by atoms with Gasteiger partial charge in [0.05, 0.1) is 0 Å². The third kappa shape index (κ3) is 12.6. The van der Waals surface area contributed by atoms with Gasteiger partial charge in [-0.05, 0) is 39.3 Å². The quantitative estimate of drug-likeness (QED) is 0.367. The zero-order valence-electron chi connectivity index (χ0n) is 14.4. The summed E-state index contributed by atoms with van der Waals surface area (Å²) in [7, 11) is 0. The highest BCUT2D eigenvalue weighted by Gasteiger charge is 2.05. The van der Waals surface area contributed by atoms with E-state index >= 15 is 0 Å². The van der Waals surface area contributed by atoms with Gasteiger partial charge in [-0.2, -0.15) is 0 Å². The van der Waals surface area contributed by atoms with Crippen LogP contribution < -0.4 is 0 Å². The summed E-state index contributed by atoms with van der Waals surface area (Å²) in [5.74, 6) is -0.799. The van der Waals surface area contributed by atoms with Crippen molar-refractivity contribution >= 4 is 5.97 Å². The number of nitrogens with zero attached hydrogens (tertiary/aromatic N) is 1. The average molecular weight is 297 g/mol. The molecule has 0 aromatic rings. The monoisotopic (exact) mass is 297 g/mol. The van der Waals surface area contributed by atoms with Crippen molar-refractivity contribution in [3.05, 3.63) is 11.6 Å². The normalized spacial score (nSPS) is 12.1. The summed E-state index contributed by atoms with van der Waals surface area (Å²) < 4.78 is 0. The van der Waals surface area contributed by atoms with Crippen molar-refractivity contribution in [1.29, 1.82) is 0 Å². The SMILES string of the molecule is CCCCCCN(CCC=C(C)C(=O)O)CCCCCC. The molecular weight excluding hydrogens is 262 g/mol. The minimum Gasteiger partial charge on any atom is -0.478 e. The topological polar surface area (TPSA) is 40.5 Å². The number of hydrogen-bond acceptors (Lipinski definition) is 2. The van der Waals surface area contributed by atoms with Crippen LogP contribution in [0.1, 0.15) is 78.6 Å². The Balaban J connectivity index is 4.04. The molecule has 0 amide bonds. The highest BCUT2D eigenvalue weighted by molar-refractivity contribution is 5.85. The van der Waals surface area contributed by atoms with Crippen molar-refractivity contribution < 1.29 is 9.90 Å². The van der Waals surface area contributed by atoms with Crippen LogP contribution >= 0.6 is 0 Å². The largest absolute Gasteiger partial charge is 0.478 e. The maximum Gasteiger partial charge on any atom is 0.330 e. The van der Waals surface area contributed by atoms with Gasteiger partial charge in [-0.15, -0.1) is 0 Å². The van der Waals surface area contributed by atoms with E-state index in [9.17, 15) is 4.79 Å². The molecule has 0 heterocycles. The Morgan fingerprint density at radius 3 is 1.86 bits per heavy atom. The molecule has 0 aromatic heterocycles. The Morgan fingerprint density at radius 1 is 0.905 bits per heavy atom. The summed E-state index contributed by atoms with van der Waals surface area (Å²) in [6, 6.07) is 0. The van der Waals surface area contributed by atoms with Crippen LogP contribution in [0.25, 0.3) is 0 Å². The molecule has 3 heteroatoms. The van der Waals surface area contributed by atoms with Crippen LogP contribution in [0, 0.1) is 0 Å². The molecule has 124 valence electrons. The fraction of sp³-hybridized carbons (Fsp3) is 0.833. The lowest BCUT2D eigenvalue weighted by Crippen LogP contribution is -2.27. The maximum absolute atomic E-state index is 10.8. The van der Waals surface area contributed by atoms with Crippen LogP contribution in [0.3, 0.4) is 0 Å². The maximum atomic E-state index is 10.8. The Bertz CT molecular complexity index is 275. The van der Waals surface area contributed by atoms with Crippen molar-refractivity contribution in [2.45, 2.75) is 78.6 Å². The van der Waals surface area contributed by atoms with Crippen LogP contribution in [-0.4, -0.2) is 35.6 Å². The zero-order chi connectivity index (χ0) is 15.9. The van der Waals surface area contributed by atoms with Gasteiger partial charge in [-0.3, -0.25) is 0 Å². The first-order valence-electron chi connectivity index (χ1n) is 8.74. The fourth-order valence-corrected chi connectivity index (χ4v) is 2.41. The molecule has 0 unspecified atom stereocenters. The second kappa shape index (κ2) is 14.1. The summed E-state index contributed by atoms with van der Waals surface area (Å²) in [5.41, 5.74) is 0.465. The molecule has 0 aliphatic carbocycles. The summed E-state index contributed by atoms with van der Waals surface area (Å²) in [4.78, 5) is 13.3. The summed E-state index contributed by atoms with van der Waals surface area (Å²) >= 11 is 0. The van der Waals surface area contributed by atoms with E-state index in [1.54, 1.807) is 6.92 Å². The van der Waals surface area contributed by atoms with Gasteiger partial charge in [0, 0.05) is 12.1 Å². The first kappa shape index (κ1) is 20.2. The first-order chi connectivity index (χ1) is 10.1. The van der Waals surface area contributed by atoms with Gasteiger partial charge in [0.2, 0.25) is 0 Å². The molecule has 0 atom stereocenters. The smallest absolute Gasteiger partial charge is 0.330 e. The van der Waals surface area contributed by atoms with Crippen LogP contribution in [0.2, 0.25) is 0 Å². The molecule has 0 rings (SSSR count). The van der Waals surface area contributed by atoms with Gasteiger partial charge in [0.25, 0.3) is 0 Å². The Labute approximate surface area is 131 Å². The van der Waals surface area contributed by atoms with E-state index in [0.717, 1.165) is 26.1 Å². The van der Waals surface area contributed by atoms with Crippen molar-refractivity contribution in [3.8, 4) is 0 Å². The van der Waals surface area contributed by atoms with E-state index in [2.05, 4.69) is 18.7 Å². The second-order valence-corrected chi connectivity index (χ2v) is 5.94. The molecule has 0 spiro atoms. The predicted octanol–water partition coefficient (Wildman–Crippen LogP) is 4.87. The molecule has 0 fully saturated rings. The lowest BCUT2D eigenvalue weighted by atomic mass is 10.1. The molecule has 0 radical (unpaired) electrons. The first-order valence-corrected chi connectivity index (χ1v) is 8.74. The molecular formula is C18H35NO2. The van der Waals surface area contributed by atoms with Crippen LogP contribution in [0.4, 0.5) is 0 Å². The average Bonchev–Trinajstić information content (AvgIpc) is 2.46. The summed E-state index contributed by atoms with van der Waals surface area (Å²) in [6.45, 7) is 9.46. The zero-order valence-corrected chi connectivity index (χ0v) is 14.4. The Kier molecular flexibility index (Phi) is 13.6. The van der Waals surface area contributed by atoms with Gasteiger partial charge < -0.3 is 10.0 Å². The van der Waals surface area contributed by atoms with Crippen molar-refractivity contribution in [2.75, 3.05) is 19.6 Å². The third-order valence-corrected chi connectivity index (χ3v) is 3.89. The highest BCUT2D eigenvalue weighted by atomic mass is 16.4. The summed E-state index contributed by atoms with van der Waals surface area (Å²) in [5, 5.41) is 8.87. The number of carboxylic acid groups (broad SMARTS) is 1. The standard InChI is InChI=1S/C18H35NO2/c1-4-6-8-10-14-19(15-11-9-7-5-2)16-12-13-17(3)18(20)21/h13H,4-12,14-16H2,1-3H3,(H,20,21). The van der Waals surface area contributed by atoms with Crippen molar-refractivity contribution in [2.24, 2.45) is 0 Å². The number of carboxylic acids is 1. The van der Waals surface area contributed by atoms with E-state index in [-0.39, 0.29) is 0 Å². The van der Waals surface area contributed by atoms with E-state index in [1.807, 2.05) is 6.08 Å². The van der Waals surface area contributed by atoms with Crippen LogP contribution in [-0.2, 0) is 4.79 Å². The molecule has 1 N–H and O–H groups in total. The fourth-order valence-electron chi connectivity index (χ4n) is 2.41. The minimum absolute atomic E-state index is 0.465. The van der Waals surface area contributed by atoms with Gasteiger partial charge in [-0.25, -0.2) is 4.79 Å². The predicted molar refractivity (Wildman–Crippen MR) is 90.7 cm³/mol. The van der Waals surface area contributed by atoms with E-state index in [1.165, 1.54) is 51.4 Å². The molecule has 0 saturated heterocycles. The number of hydrogen-bond donors (Lipinski definition) is 1. The molecule has 3 nitrogen and oxygen atoms in total. The van der Waals surface area contributed by atoms with Gasteiger partial charge in [0.15, 0.2) is 0 Å². The number of unbranched alkanes of at least 4 members (excludes halogenated alkanes) is 6. The van der Waals surface area contributed by atoms with E-state index in [4.69, 9.17) is 5.11 Å². The third-order valence-electron chi connectivity index (χ3n) is 3.89. The van der Waals surface area contributed by atoms with Gasteiger partial charge in [0.1, 0.15) is 0 Å². The van der Waals surface area contributed by atoms with Crippen molar-refractivity contribution in [3.63, 3.8) is 0 Å².